The van der Waals surface area contributed by atoms with Crippen LogP contribution in [0.2, 0.25) is 0 Å². The number of nitrogens with one attached hydrogen (secondary N) is 1. The van der Waals surface area contributed by atoms with Gasteiger partial charge in [0.1, 0.15) is 11.3 Å². The molecule has 0 radical (unpaired) electrons. The molecule has 0 fully saturated rings. The smallest absolute Gasteiger partial charge is 0.410 e. The molecule has 2 amide bonds. The molecule has 10 heteroatoms. The highest BCUT2D eigenvalue weighted by atomic mass is 32.1. The Morgan fingerprint density at radius 3 is 2.60 bits per heavy atom. The number of carbonyl (C=O) groups excluding carboxylic acids is 2. The van der Waals surface area contributed by atoms with Crippen molar-refractivity contribution >= 4 is 23.5 Å². The van der Waals surface area contributed by atoms with E-state index in [1.807, 2.05) is 0 Å². The molecular weight excluding hydrogens is 359 g/mol. The Bertz CT molecular complexity index is 653. The Kier molecular flexibility index (Phi) is 5.60. The van der Waals surface area contributed by atoms with Crippen LogP contribution in [0.4, 0.5) is 18.0 Å². The zero-order valence-corrected chi connectivity index (χ0v) is 15.0. The second kappa shape index (κ2) is 7.19. The first-order chi connectivity index (χ1) is 11.5. The molecular formula is C15H20F3N3O3S. The Hall–Kier alpha value is -1.84. The van der Waals surface area contributed by atoms with Gasteiger partial charge in [-0.15, -0.1) is 0 Å². The van der Waals surface area contributed by atoms with Crippen molar-refractivity contribution in [2.24, 2.45) is 0 Å². The number of hydrogen-bond donors (Lipinski definition) is 1. The van der Waals surface area contributed by atoms with Gasteiger partial charge in [0.2, 0.25) is 0 Å². The highest BCUT2D eigenvalue weighted by Crippen LogP contribution is 2.27. The lowest BCUT2D eigenvalue weighted by molar-refractivity contribution is -0.133. The summed E-state index contributed by atoms with van der Waals surface area (Å²) in [4.78, 5) is 26.6. The minimum atomic E-state index is -4.33. The van der Waals surface area contributed by atoms with E-state index in [2.05, 4.69) is 9.69 Å². The van der Waals surface area contributed by atoms with E-state index in [1.165, 1.54) is 4.90 Å². The summed E-state index contributed by atoms with van der Waals surface area (Å²) in [6.45, 7) is 5.36. The van der Waals surface area contributed by atoms with Crippen LogP contribution in [0.3, 0.4) is 0 Å². The van der Waals surface area contributed by atoms with Crippen LogP contribution in [-0.2, 0) is 17.7 Å². The molecule has 1 aliphatic rings. The lowest BCUT2D eigenvalue weighted by Crippen LogP contribution is -2.40. The number of halogens is 3. The minimum Gasteiger partial charge on any atom is -0.444 e. The van der Waals surface area contributed by atoms with Gasteiger partial charge in [-0.3, -0.25) is 4.79 Å². The van der Waals surface area contributed by atoms with E-state index in [0.717, 1.165) is 16.4 Å². The number of rotatable bonds is 3. The molecule has 0 atom stereocenters. The van der Waals surface area contributed by atoms with Crippen LogP contribution in [0, 0.1) is 0 Å². The Balaban J connectivity index is 2.03. The second-order valence-electron chi connectivity index (χ2n) is 6.71. The van der Waals surface area contributed by atoms with Crippen LogP contribution in [0.5, 0.6) is 0 Å². The molecule has 0 aromatic carbocycles. The van der Waals surface area contributed by atoms with Gasteiger partial charge in [0, 0.05) is 30.0 Å². The Morgan fingerprint density at radius 2 is 2.00 bits per heavy atom. The molecule has 0 bridgehead atoms. The van der Waals surface area contributed by atoms with Gasteiger partial charge < -0.3 is 15.0 Å². The van der Waals surface area contributed by atoms with Gasteiger partial charge in [-0.1, -0.05) is 0 Å². The van der Waals surface area contributed by atoms with Gasteiger partial charge in [0.15, 0.2) is 0 Å². The third kappa shape index (κ3) is 5.58. The number of hydrogen-bond acceptors (Lipinski definition) is 5. The van der Waals surface area contributed by atoms with Crippen molar-refractivity contribution in [1.82, 2.24) is 14.6 Å². The number of amides is 2. The molecule has 6 nitrogen and oxygen atoms in total. The summed E-state index contributed by atoms with van der Waals surface area (Å²) in [5.41, 5.74) is 0.0178. The SMILES string of the molecule is CC(C)(C)OC(=O)N1CCc2snc(C(=O)NCCC(F)(F)F)c2C1. The first-order valence-electron chi connectivity index (χ1n) is 7.76. The Labute approximate surface area is 147 Å². The van der Waals surface area contributed by atoms with Gasteiger partial charge in [-0.25, -0.2) is 4.79 Å². The van der Waals surface area contributed by atoms with E-state index < -0.39 is 36.7 Å². The van der Waals surface area contributed by atoms with E-state index in [0.29, 0.717) is 18.5 Å². The largest absolute Gasteiger partial charge is 0.444 e. The average Bonchev–Trinajstić information content (AvgIpc) is 2.86. The number of aromatic nitrogens is 1. The number of fused-ring (bicyclic) bond motifs is 1. The molecule has 0 saturated carbocycles. The van der Waals surface area contributed by atoms with Crippen molar-refractivity contribution in [1.29, 1.82) is 0 Å². The Morgan fingerprint density at radius 1 is 1.32 bits per heavy atom. The van der Waals surface area contributed by atoms with Crippen molar-refractivity contribution in [2.75, 3.05) is 13.1 Å². The second-order valence-corrected chi connectivity index (χ2v) is 7.56. The standard InChI is InChI=1S/C15H20F3N3O3S/c1-14(2,3)24-13(23)21-7-4-10-9(8-21)11(20-25-10)12(22)19-6-5-15(16,17)18/h4-8H2,1-3H3,(H,19,22). The molecule has 1 aromatic rings. The molecule has 0 saturated heterocycles. The predicted octanol–water partition coefficient (Wildman–Crippen LogP) is 3.12. The maximum Gasteiger partial charge on any atom is 0.410 e. The fourth-order valence-corrected chi connectivity index (χ4v) is 3.12. The molecule has 2 rings (SSSR count). The summed E-state index contributed by atoms with van der Waals surface area (Å²) >= 11 is 1.13. The lowest BCUT2D eigenvalue weighted by atomic mass is 10.1. The quantitative estimate of drug-likeness (QED) is 0.876. The van der Waals surface area contributed by atoms with Gasteiger partial charge in [-0.05, 0) is 32.3 Å². The molecule has 0 spiro atoms. The van der Waals surface area contributed by atoms with Crippen molar-refractivity contribution in [2.45, 2.75) is 51.9 Å². The minimum absolute atomic E-state index is 0.0791. The van der Waals surface area contributed by atoms with Gasteiger partial charge in [-0.2, -0.15) is 17.5 Å². The molecule has 1 N–H and O–H groups in total. The van der Waals surface area contributed by atoms with Crippen molar-refractivity contribution in [3.63, 3.8) is 0 Å². The van der Waals surface area contributed by atoms with Crippen LogP contribution in [0.15, 0.2) is 0 Å². The molecule has 140 valence electrons. The summed E-state index contributed by atoms with van der Waals surface area (Å²) in [5, 5.41) is 2.22. The van der Waals surface area contributed by atoms with Crippen molar-refractivity contribution < 1.29 is 27.5 Å². The summed E-state index contributed by atoms with van der Waals surface area (Å²) < 4.78 is 45.9. The third-order valence-electron chi connectivity index (χ3n) is 3.39. The van der Waals surface area contributed by atoms with E-state index in [1.54, 1.807) is 20.8 Å². The maximum atomic E-state index is 12.2. The van der Waals surface area contributed by atoms with Crippen LogP contribution in [0.25, 0.3) is 0 Å². The monoisotopic (exact) mass is 379 g/mol. The fourth-order valence-electron chi connectivity index (χ4n) is 2.27. The van der Waals surface area contributed by atoms with E-state index in [4.69, 9.17) is 4.74 Å². The lowest BCUT2D eigenvalue weighted by Gasteiger charge is -2.30. The van der Waals surface area contributed by atoms with Gasteiger partial charge in [0.25, 0.3) is 5.91 Å². The van der Waals surface area contributed by atoms with Crippen LogP contribution in [-0.4, -0.2) is 46.1 Å². The van der Waals surface area contributed by atoms with Crippen molar-refractivity contribution in [3.05, 3.63) is 16.1 Å². The molecule has 0 aliphatic carbocycles. The van der Waals surface area contributed by atoms with Crippen LogP contribution >= 0.6 is 11.5 Å². The number of nitrogens with zero attached hydrogens (tertiary/aromatic N) is 2. The molecule has 2 heterocycles. The number of carbonyl (C=O) groups is 2. The summed E-state index contributed by atoms with van der Waals surface area (Å²) in [6, 6.07) is 0. The first kappa shape index (κ1) is 19.5. The normalized spacial score (nSPS) is 14.9. The average molecular weight is 379 g/mol. The van der Waals surface area contributed by atoms with E-state index in [9.17, 15) is 22.8 Å². The number of alkyl halides is 3. The van der Waals surface area contributed by atoms with Crippen LogP contribution in [0.1, 0.15) is 48.1 Å². The molecule has 25 heavy (non-hydrogen) atoms. The topological polar surface area (TPSA) is 71.5 Å². The predicted molar refractivity (Wildman–Crippen MR) is 85.5 cm³/mol. The maximum absolute atomic E-state index is 12.2. The fraction of sp³-hybridized carbons (Fsp3) is 0.667. The summed E-state index contributed by atoms with van der Waals surface area (Å²) in [7, 11) is 0. The van der Waals surface area contributed by atoms with Gasteiger partial charge >= 0.3 is 12.3 Å². The van der Waals surface area contributed by atoms with Crippen molar-refractivity contribution in [3.8, 4) is 0 Å². The third-order valence-corrected chi connectivity index (χ3v) is 4.33. The zero-order valence-electron chi connectivity index (χ0n) is 14.2. The molecule has 0 unspecified atom stereocenters. The zero-order chi connectivity index (χ0) is 18.8. The summed E-state index contributed by atoms with van der Waals surface area (Å²) in [6.07, 6.45) is -5.40. The van der Waals surface area contributed by atoms with Gasteiger partial charge in [0.05, 0.1) is 13.0 Å². The summed E-state index contributed by atoms with van der Waals surface area (Å²) in [5.74, 6) is -0.659. The van der Waals surface area contributed by atoms with Crippen LogP contribution < -0.4 is 5.32 Å². The number of ether oxygens (including phenoxy) is 1. The van der Waals surface area contributed by atoms with E-state index in [-0.39, 0.29) is 12.2 Å². The highest BCUT2D eigenvalue weighted by Gasteiger charge is 2.31. The highest BCUT2D eigenvalue weighted by molar-refractivity contribution is 7.06. The molecule has 1 aliphatic heterocycles. The van der Waals surface area contributed by atoms with E-state index >= 15 is 0 Å². The first-order valence-corrected chi connectivity index (χ1v) is 8.54. The molecule has 1 aromatic heterocycles.